The Hall–Kier alpha value is -3.94. The van der Waals surface area contributed by atoms with Crippen LogP contribution in [0.5, 0.6) is 5.75 Å². The quantitative estimate of drug-likeness (QED) is 0.254. The standard InChI is InChI=1S/C24H18BrN3O5S/c1-16(29)27-20-8-10-21(11-9-20)34(31,32)33-23-12-7-17(14-22(23)25)13-18(15-26)24(30)28-19-5-3-2-4-6-19/h2-14H,1H3,(H,27,29)(H,28,30)/b18-13+. The van der Waals surface area contributed by atoms with Crippen LogP contribution < -0.4 is 14.8 Å². The van der Waals surface area contributed by atoms with Gasteiger partial charge in [-0.1, -0.05) is 24.3 Å². The zero-order chi connectivity index (χ0) is 24.7. The van der Waals surface area contributed by atoms with E-state index in [0.29, 0.717) is 21.4 Å². The lowest BCUT2D eigenvalue weighted by molar-refractivity contribution is -0.114. The molecular formula is C24H18BrN3O5S. The number of hydrogen-bond donors (Lipinski definition) is 2. The van der Waals surface area contributed by atoms with Crippen LogP contribution in [-0.2, 0) is 19.7 Å². The lowest BCUT2D eigenvalue weighted by Crippen LogP contribution is -2.13. The number of nitrogens with one attached hydrogen (secondary N) is 2. The van der Waals surface area contributed by atoms with Gasteiger partial charge in [0.25, 0.3) is 5.91 Å². The maximum absolute atomic E-state index is 12.6. The van der Waals surface area contributed by atoms with Gasteiger partial charge in [-0.25, -0.2) is 0 Å². The van der Waals surface area contributed by atoms with E-state index in [0.717, 1.165) is 0 Å². The molecule has 0 aromatic heterocycles. The third-order valence-electron chi connectivity index (χ3n) is 4.33. The summed E-state index contributed by atoms with van der Waals surface area (Å²) in [4.78, 5) is 23.4. The van der Waals surface area contributed by atoms with Crippen molar-refractivity contribution in [1.29, 1.82) is 5.26 Å². The number of halogens is 1. The van der Waals surface area contributed by atoms with Gasteiger partial charge in [-0.3, -0.25) is 9.59 Å². The predicted octanol–water partition coefficient (Wildman–Crippen LogP) is 4.72. The second-order valence-corrected chi connectivity index (χ2v) is 9.32. The molecule has 8 nitrogen and oxygen atoms in total. The number of carbonyl (C=O) groups is 2. The second kappa shape index (κ2) is 10.8. The number of nitrogens with zero attached hydrogens (tertiary/aromatic N) is 1. The first kappa shape index (κ1) is 24.7. The zero-order valence-electron chi connectivity index (χ0n) is 17.8. The minimum absolute atomic E-state index is 0.0235. The molecular weight excluding hydrogens is 522 g/mol. The van der Waals surface area contributed by atoms with E-state index in [1.165, 1.54) is 55.5 Å². The fraction of sp³-hybridized carbons (Fsp3) is 0.0417. The lowest BCUT2D eigenvalue weighted by Gasteiger charge is -2.10. The Kier molecular flexibility index (Phi) is 7.83. The molecule has 0 unspecified atom stereocenters. The van der Waals surface area contributed by atoms with E-state index in [-0.39, 0.29) is 22.1 Å². The molecule has 34 heavy (non-hydrogen) atoms. The highest BCUT2D eigenvalue weighted by atomic mass is 79.9. The summed E-state index contributed by atoms with van der Waals surface area (Å²) >= 11 is 3.26. The molecule has 0 heterocycles. The molecule has 0 bridgehead atoms. The molecule has 0 radical (unpaired) electrons. The van der Waals surface area contributed by atoms with E-state index < -0.39 is 16.0 Å². The normalized spacial score (nSPS) is 11.3. The van der Waals surface area contributed by atoms with Crippen molar-refractivity contribution in [3.8, 4) is 11.8 Å². The summed E-state index contributed by atoms with van der Waals surface area (Å²) in [7, 11) is -4.14. The van der Waals surface area contributed by atoms with Crippen molar-refractivity contribution in [3.63, 3.8) is 0 Å². The Morgan fingerprint density at radius 1 is 0.971 bits per heavy atom. The van der Waals surface area contributed by atoms with Gasteiger partial charge >= 0.3 is 10.1 Å². The molecule has 0 aliphatic heterocycles. The molecule has 3 rings (SSSR count). The second-order valence-electron chi connectivity index (χ2n) is 6.92. The van der Waals surface area contributed by atoms with Gasteiger partial charge < -0.3 is 14.8 Å². The van der Waals surface area contributed by atoms with Crippen molar-refractivity contribution in [2.45, 2.75) is 11.8 Å². The average molecular weight is 540 g/mol. The van der Waals surface area contributed by atoms with Crippen molar-refractivity contribution in [1.82, 2.24) is 0 Å². The van der Waals surface area contributed by atoms with Crippen LogP contribution in [0.4, 0.5) is 11.4 Å². The van der Waals surface area contributed by atoms with Crippen molar-refractivity contribution in [3.05, 3.63) is 88.4 Å². The summed E-state index contributed by atoms with van der Waals surface area (Å²) in [6.45, 7) is 1.35. The minimum Gasteiger partial charge on any atom is -0.378 e. The summed E-state index contributed by atoms with van der Waals surface area (Å²) in [6.07, 6.45) is 1.38. The summed E-state index contributed by atoms with van der Waals surface area (Å²) in [5, 5.41) is 14.6. The first-order valence-electron chi connectivity index (χ1n) is 9.78. The van der Waals surface area contributed by atoms with Crippen LogP contribution in [0, 0.1) is 11.3 Å². The van der Waals surface area contributed by atoms with Crippen molar-refractivity contribution in [2.24, 2.45) is 0 Å². The van der Waals surface area contributed by atoms with Gasteiger partial charge in [0.05, 0.1) is 4.47 Å². The number of para-hydroxylation sites is 1. The van der Waals surface area contributed by atoms with Gasteiger partial charge in [0.1, 0.15) is 16.5 Å². The lowest BCUT2D eigenvalue weighted by atomic mass is 10.1. The molecule has 2 amide bonds. The molecule has 0 aliphatic carbocycles. The van der Waals surface area contributed by atoms with Gasteiger partial charge in [-0.15, -0.1) is 0 Å². The fourth-order valence-electron chi connectivity index (χ4n) is 2.78. The molecule has 0 saturated heterocycles. The Balaban J connectivity index is 1.76. The predicted molar refractivity (Wildman–Crippen MR) is 131 cm³/mol. The van der Waals surface area contributed by atoms with Crippen LogP contribution in [0.2, 0.25) is 0 Å². The minimum atomic E-state index is -4.14. The van der Waals surface area contributed by atoms with Gasteiger partial charge in [0.2, 0.25) is 5.91 Å². The van der Waals surface area contributed by atoms with Crippen molar-refractivity contribution < 1.29 is 22.2 Å². The number of hydrogen-bond acceptors (Lipinski definition) is 6. The van der Waals surface area contributed by atoms with E-state index in [2.05, 4.69) is 26.6 Å². The smallest absolute Gasteiger partial charge is 0.339 e. The van der Waals surface area contributed by atoms with Crippen LogP contribution in [0.25, 0.3) is 6.08 Å². The number of carbonyl (C=O) groups excluding carboxylic acids is 2. The van der Waals surface area contributed by atoms with Gasteiger partial charge in [0, 0.05) is 18.3 Å². The molecule has 172 valence electrons. The topological polar surface area (TPSA) is 125 Å². The number of amides is 2. The van der Waals surface area contributed by atoms with Gasteiger partial charge in [-0.05, 0) is 76.1 Å². The van der Waals surface area contributed by atoms with E-state index in [1.54, 1.807) is 30.3 Å². The molecule has 0 aliphatic rings. The highest BCUT2D eigenvalue weighted by molar-refractivity contribution is 9.10. The van der Waals surface area contributed by atoms with E-state index >= 15 is 0 Å². The SMILES string of the molecule is CC(=O)Nc1ccc(S(=O)(=O)Oc2ccc(/C=C(\C#N)C(=O)Nc3ccccc3)cc2Br)cc1. The monoisotopic (exact) mass is 539 g/mol. The Bertz CT molecular complexity index is 1400. The van der Waals surface area contributed by atoms with Crippen LogP contribution in [-0.4, -0.2) is 20.2 Å². The van der Waals surface area contributed by atoms with Crippen LogP contribution >= 0.6 is 15.9 Å². The average Bonchev–Trinajstić information content (AvgIpc) is 2.79. The van der Waals surface area contributed by atoms with Crippen LogP contribution in [0.15, 0.2) is 87.7 Å². The largest absolute Gasteiger partial charge is 0.378 e. The van der Waals surface area contributed by atoms with Gasteiger partial charge in [-0.2, -0.15) is 13.7 Å². The first-order valence-corrected chi connectivity index (χ1v) is 12.0. The molecule has 0 spiro atoms. The zero-order valence-corrected chi connectivity index (χ0v) is 20.2. The molecule has 0 fully saturated rings. The van der Waals surface area contributed by atoms with E-state index in [1.807, 2.05) is 6.07 Å². The summed E-state index contributed by atoms with van der Waals surface area (Å²) in [6, 6.07) is 20.6. The van der Waals surface area contributed by atoms with Crippen LogP contribution in [0.3, 0.4) is 0 Å². The third kappa shape index (κ3) is 6.54. The maximum atomic E-state index is 12.6. The summed E-state index contributed by atoms with van der Waals surface area (Å²) < 4.78 is 30.8. The summed E-state index contributed by atoms with van der Waals surface area (Å²) in [5.74, 6) is -0.826. The highest BCUT2D eigenvalue weighted by Crippen LogP contribution is 2.30. The Morgan fingerprint density at radius 3 is 2.21 bits per heavy atom. The highest BCUT2D eigenvalue weighted by Gasteiger charge is 2.19. The summed E-state index contributed by atoms with van der Waals surface area (Å²) in [5.41, 5.74) is 1.36. The van der Waals surface area contributed by atoms with E-state index in [4.69, 9.17) is 4.18 Å². The van der Waals surface area contributed by atoms with E-state index in [9.17, 15) is 23.3 Å². The Morgan fingerprint density at radius 2 is 1.62 bits per heavy atom. The Labute approximate surface area is 205 Å². The van der Waals surface area contributed by atoms with Gasteiger partial charge in [0.15, 0.2) is 5.75 Å². The van der Waals surface area contributed by atoms with Crippen molar-refractivity contribution >= 4 is 55.3 Å². The molecule has 3 aromatic rings. The molecule has 3 aromatic carbocycles. The number of benzene rings is 3. The third-order valence-corrected chi connectivity index (χ3v) is 6.19. The van der Waals surface area contributed by atoms with Crippen molar-refractivity contribution in [2.75, 3.05) is 10.6 Å². The molecule has 2 N–H and O–H groups in total. The fourth-order valence-corrected chi connectivity index (χ4v) is 4.32. The molecule has 0 atom stereocenters. The van der Waals surface area contributed by atoms with Crippen LogP contribution in [0.1, 0.15) is 12.5 Å². The molecule has 10 heteroatoms. The number of nitriles is 1. The first-order chi connectivity index (χ1) is 16.2. The molecule has 0 saturated carbocycles. The number of anilines is 2. The number of rotatable bonds is 7. The maximum Gasteiger partial charge on any atom is 0.339 e.